The molecule has 1 unspecified atom stereocenters. The van der Waals surface area contributed by atoms with Gasteiger partial charge in [0, 0.05) is 25.3 Å². The Hall–Kier alpha value is -2.95. The van der Waals surface area contributed by atoms with Crippen molar-refractivity contribution < 1.29 is 27.6 Å². The van der Waals surface area contributed by atoms with E-state index in [2.05, 4.69) is 10.2 Å². The Labute approximate surface area is 168 Å². The molecule has 0 bridgehead atoms. The number of nitrogens with zero attached hydrogens (tertiary/aromatic N) is 1. The molecule has 1 aliphatic carbocycles. The topological polar surface area (TPSA) is 146 Å². The van der Waals surface area contributed by atoms with Crippen molar-refractivity contribution >= 4 is 33.6 Å². The Balaban J connectivity index is 1.82. The predicted molar refractivity (Wildman–Crippen MR) is 101 cm³/mol. The first kappa shape index (κ1) is 20.8. The molecule has 1 fully saturated rings. The lowest BCUT2D eigenvalue weighted by Gasteiger charge is -2.25. The van der Waals surface area contributed by atoms with Gasteiger partial charge in [-0.2, -0.15) is 5.48 Å². The smallest absolute Gasteiger partial charge is 0.329 e. The van der Waals surface area contributed by atoms with Crippen LogP contribution in [-0.2, 0) is 24.3 Å². The van der Waals surface area contributed by atoms with E-state index >= 15 is 0 Å². The minimum absolute atomic E-state index is 0.0759. The Kier molecular flexibility index (Phi) is 5.60. The maximum absolute atomic E-state index is 12.8. The van der Waals surface area contributed by atoms with E-state index in [1.807, 2.05) is 5.48 Å². The summed E-state index contributed by atoms with van der Waals surface area (Å²) in [5.41, 5.74) is 2.85. The van der Waals surface area contributed by atoms with Crippen LogP contribution >= 0.6 is 0 Å². The van der Waals surface area contributed by atoms with Crippen LogP contribution in [0.25, 0.3) is 0 Å². The standard InChI is InChI=1S/C18H22N4O6S/c1-10(23)28-21-18(19)20-16(24)8-15-14-7-12(29(2,26)27)5-6-13(14)17(25)22(15)9-11-3-4-11/h5-7,11,15H,3-4,8-9H2,1-2H3,(H3,19,20,21,24). The first-order valence-electron chi connectivity index (χ1n) is 9.03. The van der Waals surface area contributed by atoms with Gasteiger partial charge in [-0.25, -0.2) is 8.42 Å². The number of nitrogens with one attached hydrogen (secondary N) is 3. The van der Waals surface area contributed by atoms with Gasteiger partial charge >= 0.3 is 5.97 Å². The van der Waals surface area contributed by atoms with Crippen LogP contribution < -0.4 is 10.8 Å². The van der Waals surface area contributed by atoms with Crippen molar-refractivity contribution in [1.82, 2.24) is 15.7 Å². The van der Waals surface area contributed by atoms with E-state index in [1.54, 1.807) is 4.90 Å². The highest BCUT2D eigenvalue weighted by Crippen LogP contribution is 2.41. The van der Waals surface area contributed by atoms with Crippen LogP contribution in [0.1, 0.15) is 48.1 Å². The molecule has 3 rings (SSSR count). The molecule has 3 N–H and O–H groups in total. The highest BCUT2D eigenvalue weighted by molar-refractivity contribution is 7.90. The fraction of sp³-hybridized carbons (Fsp3) is 0.444. The summed E-state index contributed by atoms with van der Waals surface area (Å²) in [5, 5.41) is 9.82. The maximum atomic E-state index is 12.8. The number of carbonyl (C=O) groups excluding carboxylic acids is 3. The molecule has 2 aliphatic rings. The fourth-order valence-corrected chi connectivity index (χ4v) is 3.89. The summed E-state index contributed by atoms with van der Waals surface area (Å²) in [7, 11) is -3.48. The van der Waals surface area contributed by atoms with Crippen LogP contribution in [0, 0.1) is 11.3 Å². The Morgan fingerprint density at radius 2 is 2.00 bits per heavy atom. The molecule has 29 heavy (non-hydrogen) atoms. The molecule has 1 aliphatic heterocycles. The van der Waals surface area contributed by atoms with Crippen molar-refractivity contribution in [3.8, 4) is 0 Å². The van der Waals surface area contributed by atoms with Crippen LogP contribution in [0.4, 0.5) is 0 Å². The molecule has 1 aromatic carbocycles. The molecule has 156 valence electrons. The summed E-state index contributed by atoms with van der Waals surface area (Å²) < 4.78 is 23.9. The molecule has 0 aromatic heterocycles. The quantitative estimate of drug-likeness (QED) is 0.356. The van der Waals surface area contributed by atoms with E-state index in [1.165, 1.54) is 18.2 Å². The second kappa shape index (κ2) is 7.82. The highest BCUT2D eigenvalue weighted by atomic mass is 32.2. The van der Waals surface area contributed by atoms with Crippen molar-refractivity contribution in [1.29, 1.82) is 5.41 Å². The molecular weight excluding hydrogens is 400 g/mol. The van der Waals surface area contributed by atoms with Crippen molar-refractivity contribution in [3.63, 3.8) is 0 Å². The summed E-state index contributed by atoms with van der Waals surface area (Å²) in [5.74, 6) is -1.64. The molecular formula is C18H22N4O6S. The third-order valence-corrected chi connectivity index (χ3v) is 5.88. The normalized spacial score (nSPS) is 18.2. The highest BCUT2D eigenvalue weighted by Gasteiger charge is 2.41. The lowest BCUT2D eigenvalue weighted by atomic mass is 10.0. The zero-order chi connectivity index (χ0) is 21.3. The van der Waals surface area contributed by atoms with Crippen molar-refractivity contribution in [2.75, 3.05) is 12.8 Å². The third-order valence-electron chi connectivity index (χ3n) is 4.77. The minimum atomic E-state index is -3.48. The van der Waals surface area contributed by atoms with Crippen LogP contribution in [-0.4, -0.2) is 49.9 Å². The summed E-state index contributed by atoms with van der Waals surface area (Å²) in [4.78, 5) is 42.1. The lowest BCUT2D eigenvalue weighted by molar-refractivity contribution is -0.145. The number of benzene rings is 1. The molecule has 1 aromatic rings. The molecule has 0 radical (unpaired) electrons. The van der Waals surface area contributed by atoms with E-state index < -0.39 is 33.7 Å². The number of hydroxylamine groups is 1. The average molecular weight is 422 g/mol. The van der Waals surface area contributed by atoms with E-state index in [9.17, 15) is 22.8 Å². The summed E-state index contributed by atoms with van der Waals surface area (Å²) in [6.45, 7) is 1.63. The van der Waals surface area contributed by atoms with Crippen LogP contribution in [0.15, 0.2) is 23.1 Å². The van der Waals surface area contributed by atoms with E-state index in [-0.39, 0.29) is 17.2 Å². The minimum Gasteiger partial charge on any atom is -0.341 e. The van der Waals surface area contributed by atoms with Crippen LogP contribution in [0.3, 0.4) is 0 Å². The zero-order valence-electron chi connectivity index (χ0n) is 16.0. The van der Waals surface area contributed by atoms with Gasteiger partial charge in [-0.3, -0.25) is 25.1 Å². The number of guanidine groups is 1. The van der Waals surface area contributed by atoms with Gasteiger partial charge < -0.3 is 9.74 Å². The Morgan fingerprint density at radius 1 is 1.31 bits per heavy atom. The maximum Gasteiger partial charge on any atom is 0.329 e. The van der Waals surface area contributed by atoms with Gasteiger partial charge in [-0.05, 0) is 42.5 Å². The monoisotopic (exact) mass is 422 g/mol. The lowest BCUT2D eigenvalue weighted by Crippen LogP contribution is -2.42. The molecule has 1 heterocycles. The van der Waals surface area contributed by atoms with Crippen molar-refractivity contribution in [3.05, 3.63) is 29.3 Å². The van der Waals surface area contributed by atoms with E-state index in [0.717, 1.165) is 26.0 Å². The van der Waals surface area contributed by atoms with Gasteiger partial charge in [0.15, 0.2) is 9.84 Å². The van der Waals surface area contributed by atoms with Gasteiger partial charge in [0.05, 0.1) is 17.4 Å². The van der Waals surface area contributed by atoms with Crippen LogP contribution in [0.5, 0.6) is 0 Å². The third kappa shape index (κ3) is 4.91. The van der Waals surface area contributed by atoms with Gasteiger partial charge in [0.25, 0.3) is 5.91 Å². The molecule has 10 nitrogen and oxygen atoms in total. The summed E-state index contributed by atoms with van der Waals surface area (Å²) >= 11 is 0. The molecule has 2 amide bonds. The van der Waals surface area contributed by atoms with E-state index in [0.29, 0.717) is 23.6 Å². The van der Waals surface area contributed by atoms with E-state index in [4.69, 9.17) is 5.41 Å². The van der Waals surface area contributed by atoms with Crippen molar-refractivity contribution in [2.45, 2.75) is 37.1 Å². The Bertz CT molecular complexity index is 986. The second-order valence-corrected chi connectivity index (χ2v) is 9.28. The largest absolute Gasteiger partial charge is 0.341 e. The number of hydrogen-bond donors (Lipinski definition) is 3. The zero-order valence-corrected chi connectivity index (χ0v) is 16.8. The fourth-order valence-electron chi connectivity index (χ4n) is 3.23. The average Bonchev–Trinajstić information content (AvgIpc) is 3.41. The first-order valence-corrected chi connectivity index (χ1v) is 10.9. The molecule has 0 spiro atoms. The number of fused-ring (bicyclic) bond motifs is 1. The Morgan fingerprint density at radius 3 is 2.59 bits per heavy atom. The van der Waals surface area contributed by atoms with Gasteiger partial charge in [-0.15, -0.1) is 0 Å². The summed E-state index contributed by atoms with van der Waals surface area (Å²) in [6.07, 6.45) is 2.93. The molecule has 1 saturated carbocycles. The van der Waals surface area contributed by atoms with Gasteiger partial charge in [0.2, 0.25) is 11.9 Å². The predicted octanol–water partition coefficient (Wildman–Crippen LogP) is 0.506. The molecule has 1 atom stereocenters. The number of rotatable bonds is 5. The second-order valence-electron chi connectivity index (χ2n) is 7.26. The first-order chi connectivity index (χ1) is 13.6. The van der Waals surface area contributed by atoms with Gasteiger partial charge in [0.1, 0.15) is 0 Å². The summed E-state index contributed by atoms with van der Waals surface area (Å²) in [6, 6.07) is 3.68. The number of hydrogen-bond acceptors (Lipinski definition) is 7. The molecule has 0 saturated heterocycles. The van der Waals surface area contributed by atoms with Crippen molar-refractivity contribution in [2.24, 2.45) is 5.92 Å². The van der Waals surface area contributed by atoms with Crippen LogP contribution in [0.2, 0.25) is 0 Å². The number of amides is 2. The SMILES string of the molecule is CC(=O)ONC(=N)NC(=O)CC1c2cc(S(C)(=O)=O)ccc2C(=O)N1CC1CC1. The molecule has 11 heteroatoms. The number of carbonyl (C=O) groups is 3. The van der Waals surface area contributed by atoms with Gasteiger partial charge in [-0.1, -0.05) is 0 Å². The number of sulfone groups is 1.